The molecule has 0 radical (unpaired) electrons. The van der Waals surface area contributed by atoms with Crippen LogP contribution in [-0.4, -0.2) is 11.1 Å². The third-order valence-electron chi connectivity index (χ3n) is 2.02. The van der Waals surface area contributed by atoms with E-state index in [1.807, 2.05) is 12.1 Å². The van der Waals surface area contributed by atoms with Gasteiger partial charge in [0.05, 0.1) is 5.84 Å². The molecule has 15 heavy (non-hydrogen) atoms. The Morgan fingerprint density at radius 3 is 2.53 bits per heavy atom. The first kappa shape index (κ1) is 12.6. The van der Waals surface area contributed by atoms with Gasteiger partial charge in [-0.1, -0.05) is 22.9 Å². The topological polar surface area (TPSA) is 49.9 Å². The minimum absolute atomic E-state index is 0.270. The van der Waals surface area contributed by atoms with Crippen LogP contribution in [0.15, 0.2) is 33.6 Å². The van der Waals surface area contributed by atoms with Crippen molar-refractivity contribution in [2.45, 2.75) is 29.9 Å². The van der Waals surface area contributed by atoms with Gasteiger partial charge in [0, 0.05) is 21.0 Å². The van der Waals surface area contributed by atoms with Crippen molar-refractivity contribution >= 4 is 33.5 Å². The van der Waals surface area contributed by atoms with Gasteiger partial charge in [0.2, 0.25) is 0 Å². The number of hydrogen-bond acceptors (Lipinski definition) is 2. The number of rotatable bonds is 5. The molecule has 0 fully saturated rings. The molecule has 0 bridgehead atoms. The molecule has 0 spiro atoms. The molecule has 3 N–H and O–H groups in total. The molecule has 0 aliphatic heterocycles. The third-order valence-corrected chi connectivity index (χ3v) is 3.93. The van der Waals surface area contributed by atoms with Gasteiger partial charge in [-0.2, -0.15) is 0 Å². The molecule has 0 amide bonds. The van der Waals surface area contributed by atoms with Crippen molar-refractivity contribution in [2.75, 3.05) is 0 Å². The Morgan fingerprint density at radius 2 is 2.07 bits per heavy atom. The number of thioether (sulfide) groups is 1. The summed E-state index contributed by atoms with van der Waals surface area (Å²) >= 11 is 5.19. The van der Waals surface area contributed by atoms with Gasteiger partial charge >= 0.3 is 0 Å². The largest absolute Gasteiger partial charge is 0.388 e. The van der Waals surface area contributed by atoms with E-state index in [4.69, 9.17) is 11.1 Å². The summed E-state index contributed by atoms with van der Waals surface area (Å²) < 4.78 is 1.09. The van der Waals surface area contributed by atoms with E-state index in [0.717, 1.165) is 10.9 Å². The lowest BCUT2D eigenvalue weighted by Gasteiger charge is -2.13. The van der Waals surface area contributed by atoms with Crippen LogP contribution in [-0.2, 0) is 0 Å². The molecule has 1 aromatic carbocycles. The summed E-state index contributed by atoms with van der Waals surface area (Å²) in [5.74, 6) is 0.270. The van der Waals surface area contributed by atoms with Gasteiger partial charge in [0.25, 0.3) is 0 Å². The van der Waals surface area contributed by atoms with Crippen LogP contribution < -0.4 is 5.73 Å². The smallest absolute Gasteiger partial charge is 0.0916 e. The van der Waals surface area contributed by atoms with E-state index in [1.165, 1.54) is 4.90 Å². The van der Waals surface area contributed by atoms with Gasteiger partial charge in [-0.25, -0.2) is 0 Å². The second-order valence-corrected chi connectivity index (χ2v) is 5.62. The molecule has 1 unspecified atom stereocenters. The molecule has 4 heteroatoms. The molecule has 0 aliphatic carbocycles. The van der Waals surface area contributed by atoms with Crippen molar-refractivity contribution in [3.8, 4) is 0 Å². The second-order valence-electron chi connectivity index (χ2n) is 3.33. The fourth-order valence-corrected chi connectivity index (χ4v) is 2.59. The Morgan fingerprint density at radius 1 is 1.47 bits per heavy atom. The summed E-state index contributed by atoms with van der Waals surface area (Å²) in [6, 6.07) is 8.22. The van der Waals surface area contributed by atoms with Crippen molar-refractivity contribution < 1.29 is 0 Å². The van der Waals surface area contributed by atoms with E-state index in [0.29, 0.717) is 11.7 Å². The fraction of sp³-hybridized carbons (Fsp3) is 0.364. The number of nitrogens with two attached hydrogens (primary N) is 1. The third kappa shape index (κ3) is 4.71. The molecule has 0 heterocycles. The molecule has 1 atom stereocenters. The van der Waals surface area contributed by atoms with E-state index >= 15 is 0 Å². The maximum absolute atomic E-state index is 7.28. The SMILES string of the molecule is CCC(CC(=N)N)Sc1ccc(Br)cc1. The predicted octanol–water partition coefficient (Wildman–Crippen LogP) is 3.65. The average molecular weight is 287 g/mol. The first-order chi connectivity index (χ1) is 7.11. The highest BCUT2D eigenvalue weighted by Crippen LogP contribution is 2.28. The number of hydrogen-bond donors (Lipinski definition) is 2. The normalized spacial score (nSPS) is 12.4. The zero-order chi connectivity index (χ0) is 11.3. The molecular formula is C11H15BrN2S. The van der Waals surface area contributed by atoms with E-state index in [2.05, 4.69) is 35.0 Å². The Kier molecular flexibility index (Phi) is 5.19. The first-order valence-electron chi connectivity index (χ1n) is 4.87. The zero-order valence-electron chi connectivity index (χ0n) is 8.66. The van der Waals surface area contributed by atoms with Crippen molar-refractivity contribution in [1.29, 1.82) is 5.41 Å². The summed E-state index contributed by atoms with van der Waals surface area (Å²) in [7, 11) is 0. The van der Waals surface area contributed by atoms with Crippen molar-refractivity contribution in [3.63, 3.8) is 0 Å². The van der Waals surface area contributed by atoms with Crippen LogP contribution in [0.2, 0.25) is 0 Å². The molecule has 0 saturated carbocycles. The second kappa shape index (κ2) is 6.18. The van der Waals surface area contributed by atoms with E-state index in [9.17, 15) is 0 Å². The first-order valence-corrected chi connectivity index (χ1v) is 6.54. The summed E-state index contributed by atoms with van der Waals surface area (Å²) in [4.78, 5) is 1.23. The van der Waals surface area contributed by atoms with E-state index in [-0.39, 0.29) is 5.84 Å². The summed E-state index contributed by atoms with van der Waals surface area (Å²) in [5.41, 5.74) is 5.41. The number of benzene rings is 1. The average Bonchev–Trinajstić information content (AvgIpc) is 2.19. The van der Waals surface area contributed by atoms with Gasteiger partial charge in [-0.3, -0.25) is 5.41 Å². The van der Waals surface area contributed by atoms with Gasteiger partial charge in [0.15, 0.2) is 0 Å². The van der Waals surface area contributed by atoms with Crippen molar-refractivity contribution in [1.82, 2.24) is 0 Å². The van der Waals surface area contributed by atoms with E-state index in [1.54, 1.807) is 11.8 Å². The Balaban J connectivity index is 2.58. The summed E-state index contributed by atoms with van der Waals surface area (Å²) in [5, 5.41) is 7.69. The molecular weight excluding hydrogens is 272 g/mol. The lowest BCUT2D eigenvalue weighted by Crippen LogP contribution is -2.16. The number of nitrogens with one attached hydrogen (secondary N) is 1. The Bertz CT molecular complexity index is 324. The minimum Gasteiger partial charge on any atom is -0.388 e. The maximum Gasteiger partial charge on any atom is 0.0916 e. The standard InChI is InChI=1S/C11H15BrN2S/c1-2-9(7-11(13)14)15-10-5-3-8(12)4-6-10/h3-6,9H,2,7H2,1H3,(H3,13,14). The van der Waals surface area contributed by atoms with Crippen LogP contribution in [0.25, 0.3) is 0 Å². The lowest BCUT2D eigenvalue weighted by molar-refractivity contribution is 0.849. The summed E-state index contributed by atoms with van der Waals surface area (Å²) in [6.07, 6.45) is 1.69. The Hall–Kier alpha value is -0.480. The molecule has 0 aromatic heterocycles. The van der Waals surface area contributed by atoms with E-state index < -0.39 is 0 Å². The number of halogens is 1. The molecule has 82 valence electrons. The number of amidine groups is 1. The molecule has 0 saturated heterocycles. The monoisotopic (exact) mass is 286 g/mol. The van der Waals surface area contributed by atoms with Gasteiger partial charge in [-0.05, 0) is 30.7 Å². The highest BCUT2D eigenvalue weighted by atomic mass is 79.9. The van der Waals surface area contributed by atoms with Crippen LogP contribution in [0.4, 0.5) is 0 Å². The van der Waals surface area contributed by atoms with Crippen molar-refractivity contribution in [2.24, 2.45) is 5.73 Å². The van der Waals surface area contributed by atoms with Crippen LogP contribution in [0.5, 0.6) is 0 Å². The molecule has 1 aromatic rings. The van der Waals surface area contributed by atoms with Crippen LogP contribution in [0.3, 0.4) is 0 Å². The quantitative estimate of drug-likeness (QED) is 0.493. The highest BCUT2D eigenvalue weighted by molar-refractivity contribution is 9.10. The maximum atomic E-state index is 7.28. The lowest BCUT2D eigenvalue weighted by atomic mass is 10.2. The van der Waals surface area contributed by atoms with Gasteiger partial charge in [-0.15, -0.1) is 11.8 Å². The van der Waals surface area contributed by atoms with Crippen molar-refractivity contribution in [3.05, 3.63) is 28.7 Å². The van der Waals surface area contributed by atoms with Crippen LogP contribution >= 0.6 is 27.7 Å². The highest BCUT2D eigenvalue weighted by Gasteiger charge is 2.09. The molecule has 1 rings (SSSR count). The van der Waals surface area contributed by atoms with Gasteiger partial charge < -0.3 is 5.73 Å². The summed E-state index contributed by atoms with van der Waals surface area (Å²) in [6.45, 7) is 2.12. The zero-order valence-corrected chi connectivity index (χ0v) is 11.1. The minimum atomic E-state index is 0.270. The fourth-order valence-electron chi connectivity index (χ4n) is 1.22. The Labute approximate surface area is 103 Å². The molecule has 0 aliphatic rings. The predicted molar refractivity (Wildman–Crippen MR) is 70.6 cm³/mol. The van der Waals surface area contributed by atoms with Gasteiger partial charge in [0.1, 0.15) is 0 Å². The van der Waals surface area contributed by atoms with Crippen LogP contribution in [0.1, 0.15) is 19.8 Å². The molecule has 2 nitrogen and oxygen atoms in total. The van der Waals surface area contributed by atoms with Crippen LogP contribution in [0, 0.1) is 5.41 Å².